The summed E-state index contributed by atoms with van der Waals surface area (Å²) in [5, 5.41) is 13.5. The first-order valence-electron chi connectivity index (χ1n) is 6.15. The van der Waals surface area contributed by atoms with Gasteiger partial charge in [-0.2, -0.15) is 0 Å². The van der Waals surface area contributed by atoms with E-state index in [9.17, 15) is 14.9 Å². The molecule has 0 saturated heterocycles. The molecule has 0 bridgehead atoms. The van der Waals surface area contributed by atoms with Gasteiger partial charge < -0.3 is 5.32 Å². The summed E-state index contributed by atoms with van der Waals surface area (Å²) in [6, 6.07) is 4.42. The molecule has 0 aliphatic rings. The Labute approximate surface area is 126 Å². The number of nitrogens with zero attached hydrogens (tertiary/aromatic N) is 1. The van der Waals surface area contributed by atoms with Gasteiger partial charge in [0, 0.05) is 23.7 Å². The van der Waals surface area contributed by atoms with Gasteiger partial charge in [0.15, 0.2) is 0 Å². The van der Waals surface area contributed by atoms with E-state index in [4.69, 9.17) is 0 Å². The first kappa shape index (κ1) is 15.9. The van der Waals surface area contributed by atoms with Crippen LogP contribution in [0.4, 0.5) is 5.69 Å². The Morgan fingerprint density at radius 1 is 1.37 bits per heavy atom. The first-order chi connectivity index (χ1) is 9.06. The molecule has 0 spiro atoms. The largest absolute Gasteiger partial charge is 0.352 e. The predicted molar refractivity (Wildman–Crippen MR) is 82.9 cm³/mol. The third kappa shape index (κ3) is 5.14. The molecular formula is C13H17IN2O3. The molecule has 0 aliphatic carbocycles. The Balaban J connectivity index is 2.53. The fourth-order valence-electron chi connectivity index (χ4n) is 1.70. The van der Waals surface area contributed by atoms with Crippen molar-refractivity contribution in [2.75, 3.05) is 11.0 Å². The number of amides is 1. The molecule has 19 heavy (non-hydrogen) atoms. The van der Waals surface area contributed by atoms with E-state index >= 15 is 0 Å². The van der Waals surface area contributed by atoms with Crippen LogP contribution in [-0.4, -0.2) is 21.8 Å². The quantitative estimate of drug-likeness (QED) is 0.261. The van der Waals surface area contributed by atoms with Gasteiger partial charge in [0.2, 0.25) is 0 Å². The molecule has 1 aromatic carbocycles. The Morgan fingerprint density at radius 3 is 2.68 bits per heavy atom. The maximum absolute atomic E-state index is 11.8. The van der Waals surface area contributed by atoms with Crippen molar-refractivity contribution in [3.63, 3.8) is 0 Å². The number of nitrogens with one attached hydrogen (secondary N) is 1. The second-order valence-corrected chi connectivity index (χ2v) is 5.34. The highest BCUT2D eigenvalue weighted by Gasteiger charge is 2.13. The summed E-state index contributed by atoms with van der Waals surface area (Å²) in [5.74, 6) is -0.174. The minimum Gasteiger partial charge on any atom is -0.352 e. The molecule has 0 atom stereocenters. The Morgan fingerprint density at radius 2 is 2.11 bits per heavy atom. The summed E-state index contributed by atoms with van der Waals surface area (Å²) in [7, 11) is 0. The van der Waals surface area contributed by atoms with Crippen molar-refractivity contribution < 1.29 is 9.72 Å². The molecule has 1 rings (SSSR count). The number of benzene rings is 1. The van der Waals surface area contributed by atoms with E-state index < -0.39 is 4.92 Å². The van der Waals surface area contributed by atoms with E-state index in [0.717, 1.165) is 23.7 Å². The molecule has 0 radical (unpaired) electrons. The van der Waals surface area contributed by atoms with Crippen LogP contribution in [0.2, 0.25) is 0 Å². The molecule has 0 saturated carbocycles. The molecule has 1 amide bonds. The van der Waals surface area contributed by atoms with E-state index in [0.29, 0.717) is 17.7 Å². The SMILES string of the molecule is Cc1cc(C(=O)NCCCCCI)ccc1[N+](=O)[O-]. The number of carbonyl (C=O) groups is 1. The zero-order chi connectivity index (χ0) is 14.3. The van der Waals surface area contributed by atoms with Gasteiger partial charge in [-0.15, -0.1) is 0 Å². The van der Waals surface area contributed by atoms with Crippen molar-refractivity contribution in [3.8, 4) is 0 Å². The normalized spacial score (nSPS) is 10.2. The van der Waals surface area contributed by atoms with Crippen molar-refractivity contribution in [3.05, 3.63) is 39.4 Å². The minimum atomic E-state index is -0.443. The molecule has 0 fully saturated rings. The van der Waals surface area contributed by atoms with Crippen LogP contribution in [0, 0.1) is 17.0 Å². The van der Waals surface area contributed by atoms with Crippen molar-refractivity contribution in [2.24, 2.45) is 0 Å². The fraction of sp³-hybridized carbons (Fsp3) is 0.462. The van der Waals surface area contributed by atoms with Gasteiger partial charge in [0.1, 0.15) is 0 Å². The summed E-state index contributed by atoms with van der Waals surface area (Å²) in [6.07, 6.45) is 3.22. The van der Waals surface area contributed by atoms with Gasteiger partial charge >= 0.3 is 0 Å². The van der Waals surface area contributed by atoms with Crippen LogP contribution in [0.5, 0.6) is 0 Å². The molecular weight excluding hydrogens is 359 g/mol. The van der Waals surface area contributed by atoms with Gasteiger partial charge in [0.25, 0.3) is 11.6 Å². The topological polar surface area (TPSA) is 72.2 Å². The second kappa shape index (κ2) is 8.08. The van der Waals surface area contributed by atoms with Gasteiger partial charge in [-0.25, -0.2) is 0 Å². The summed E-state index contributed by atoms with van der Waals surface area (Å²) in [6.45, 7) is 2.28. The smallest absolute Gasteiger partial charge is 0.272 e. The molecule has 104 valence electrons. The number of hydrogen-bond donors (Lipinski definition) is 1. The maximum atomic E-state index is 11.8. The number of hydrogen-bond acceptors (Lipinski definition) is 3. The zero-order valence-corrected chi connectivity index (χ0v) is 13.0. The summed E-state index contributed by atoms with van der Waals surface area (Å²) in [4.78, 5) is 22.1. The van der Waals surface area contributed by atoms with Crippen LogP contribution in [0.15, 0.2) is 18.2 Å². The highest BCUT2D eigenvalue weighted by Crippen LogP contribution is 2.18. The van der Waals surface area contributed by atoms with Crippen LogP contribution in [0.1, 0.15) is 35.2 Å². The number of halogens is 1. The summed E-state index contributed by atoms with van der Waals surface area (Å²) in [5.41, 5.74) is 1.01. The monoisotopic (exact) mass is 376 g/mol. The molecule has 1 aromatic rings. The lowest BCUT2D eigenvalue weighted by atomic mass is 10.1. The van der Waals surface area contributed by atoms with E-state index in [1.807, 2.05) is 0 Å². The van der Waals surface area contributed by atoms with Crippen molar-refractivity contribution in [1.82, 2.24) is 5.32 Å². The number of nitro groups is 1. The van der Waals surface area contributed by atoms with Crippen LogP contribution in [-0.2, 0) is 0 Å². The molecule has 1 N–H and O–H groups in total. The number of carbonyl (C=O) groups excluding carboxylic acids is 1. The lowest BCUT2D eigenvalue weighted by molar-refractivity contribution is -0.385. The Bertz CT molecular complexity index is 463. The van der Waals surface area contributed by atoms with Gasteiger partial charge in [-0.1, -0.05) is 29.0 Å². The lowest BCUT2D eigenvalue weighted by Crippen LogP contribution is -2.24. The summed E-state index contributed by atoms with van der Waals surface area (Å²) < 4.78 is 1.13. The minimum absolute atomic E-state index is 0.0404. The van der Waals surface area contributed by atoms with Crippen molar-refractivity contribution in [2.45, 2.75) is 26.2 Å². The number of alkyl halides is 1. The van der Waals surface area contributed by atoms with Crippen LogP contribution in [0.3, 0.4) is 0 Å². The standard InChI is InChI=1S/C13H17IN2O3/c1-10-9-11(5-6-12(10)16(18)19)13(17)15-8-4-2-3-7-14/h5-6,9H,2-4,7-8H2,1H3,(H,15,17). The molecule has 6 heteroatoms. The van der Waals surface area contributed by atoms with Gasteiger partial charge in [-0.05, 0) is 36.3 Å². The van der Waals surface area contributed by atoms with Crippen LogP contribution < -0.4 is 5.32 Å². The highest BCUT2D eigenvalue weighted by molar-refractivity contribution is 14.1. The average Bonchev–Trinajstić information content (AvgIpc) is 2.37. The Hall–Kier alpha value is -1.18. The zero-order valence-electron chi connectivity index (χ0n) is 10.8. The maximum Gasteiger partial charge on any atom is 0.272 e. The lowest BCUT2D eigenvalue weighted by Gasteiger charge is -2.06. The van der Waals surface area contributed by atoms with Crippen LogP contribution >= 0.6 is 22.6 Å². The van der Waals surface area contributed by atoms with Gasteiger partial charge in [0.05, 0.1) is 4.92 Å². The highest BCUT2D eigenvalue weighted by atomic mass is 127. The molecule has 0 heterocycles. The van der Waals surface area contributed by atoms with E-state index in [1.54, 1.807) is 13.0 Å². The molecule has 0 unspecified atom stereocenters. The van der Waals surface area contributed by atoms with E-state index in [1.165, 1.54) is 12.1 Å². The molecule has 0 aliphatic heterocycles. The first-order valence-corrected chi connectivity index (χ1v) is 7.68. The molecule has 0 aromatic heterocycles. The number of rotatable bonds is 7. The number of nitro benzene ring substituents is 1. The number of unbranched alkanes of at least 4 members (excludes halogenated alkanes) is 2. The average molecular weight is 376 g/mol. The Kier molecular flexibility index (Phi) is 6.75. The van der Waals surface area contributed by atoms with Crippen molar-refractivity contribution >= 4 is 34.2 Å². The van der Waals surface area contributed by atoms with E-state index in [-0.39, 0.29) is 11.6 Å². The van der Waals surface area contributed by atoms with Gasteiger partial charge in [-0.3, -0.25) is 14.9 Å². The third-order valence-electron chi connectivity index (χ3n) is 2.75. The third-order valence-corrected chi connectivity index (χ3v) is 3.51. The second-order valence-electron chi connectivity index (χ2n) is 4.26. The fourth-order valence-corrected chi connectivity index (χ4v) is 2.24. The van der Waals surface area contributed by atoms with Crippen molar-refractivity contribution in [1.29, 1.82) is 0 Å². The molecule has 5 nitrogen and oxygen atoms in total. The predicted octanol–water partition coefficient (Wildman–Crippen LogP) is 3.24. The van der Waals surface area contributed by atoms with Crippen LogP contribution in [0.25, 0.3) is 0 Å². The van der Waals surface area contributed by atoms with E-state index in [2.05, 4.69) is 27.9 Å². The number of aryl methyl sites for hydroxylation is 1. The summed E-state index contributed by atoms with van der Waals surface area (Å²) >= 11 is 2.33.